The first kappa shape index (κ1) is 31.7. The summed E-state index contributed by atoms with van der Waals surface area (Å²) in [7, 11) is -4.94. The minimum Gasteiger partial charge on any atom is -0.481 e. The van der Waals surface area contributed by atoms with Crippen molar-refractivity contribution < 1.29 is 66.2 Å². The van der Waals surface area contributed by atoms with Gasteiger partial charge in [0.15, 0.2) is 0 Å². The molecule has 16 heteroatoms. The average molecular weight is 482 g/mol. The van der Waals surface area contributed by atoms with Crippen LogP contribution >= 0.6 is 0 Å². The molecule has 0 saturated carbocycles. The van der Waals surface area contributed by atoms with Crippen molar-refractivity contribution in [1.82, 2.24) is 16.0 Å². The first-order valence-electron chi connectivity index (χ1n) is 7.55. The van der Waals surface area contributed by atoms with Gasteiger partial charge in [-0.05, 0) is 0 Å². The van der Waals surface area contributed by atoms with Crippen LogP contribution in [-0.4, -0.2) is 79.0 Å². The summed E-state index contributed by atoms with van der Waals surface area (Å²) in [6.07, 6.45) is 1.56. The van der Waals surface area contributed by atoms with E-state index in [4.69, 9.17) is 23.7 Å². The normalized spacial score (nSPS) is 24.2. The molecule has 0 radical (unpaired) electrons. The molecule has 1 aliphatic rings. The summed E-state index contributed by atoms with van der Waals surface area (Å²) in [5.74, 6) is -1.36. The number of aliphatic carboxylic acids is 1. The number of hydrogen-bond acceptors (Lipinski definition) is 11. The molecule has 2 unspecified atom stereocenters. The zero-order valence-corrected chi connectivity index (χ0v) is 16.7. The smallest absolute Gasteiger partial charge is 0.481 e. The second-order valence-electron chi connectivity index (χ2n) is 5.73. The van der Waals surface area contributed by atoms with Crippen molar-refractivity contribution in [2.45, 2.75) is 12.5 Å². The number of nitrogens with zero attached hydrogens (tertiary/aromatic N) is 2. The average Bonchev–Trinajstić information content (AvgIpc) is 2.49. The number of nitrogens with one attached hydrogen (secondary N) is 3. The quantitative estimate of drug-likeness (QED) is 0.163. The molecule has 6 N–H and O–H groups in total. The fourth-order valence-corrected chi connectivity index (χ4v) is 1.88. The number of hydrogen-bond donors (Lipinski definition) is 4. The molecule has 0 aliphatic carbocycles. The molecule has 0 aromatic heterocycles. The molecule has 28 heavy (non-hydrogen) atoms. The Morgan fingerprint density at radius 1 is 1.21 bits per heavy atom. The van der Waals surface area contributed by atoms with Gasteiger partial charge in [0.1, 0.15) is 6.54 Å². The van der Waals surface area contributed by atoms with E-state index in [1.165, 1.54) is 0 Å². The summed E-state index contributed by atoms with van der Waals surface area (Å²) in [5.41, 5.74) is -1.13. The molecule has 1 aliphatic heterocycles. The van der Waals surface area contributed by atoms with Gasteiger partial charge in [-0.25, -0.2) is 18.6 Å². The van der Waals surface area contributed by atoms with Crippen LogP contribution in [-0.2, 0) is 21.9 Å². The van der Waals surface area contributed by atoms with Crippen LogP contribution in [0, 0.1) is 26.3 Å². The summed E-state index contributed by atoms with van der Waals surface area (Å²) in [5, 5.41) is 29.2. The Labute approximate surface area is 174 Å². The van der Waals surface area contributed by atoms with Crippen molar-refractivity contribution in [2.75, 3.05) is 45.8 Å². The number of aliphatic imine (C=N–C) groups is 1. The second kappa shape index (κ2) is 15.9. The Morgan fingerprint density at radius 3 is 2.21 bits per heavy atom. The summed E-state index contributed by atoms with van der Waals surface area (Å²) in [6.45, 7) is 4.03. The number of carbonyl (C=O) groups is 1. The van der Waals surface area contributed by atoms with Crippen LogP contribution in [0.25, 0.3) is 0 Å². The Kier molecular flexibility index (Phi) is 18.0. The number of carboxylic acids is 1. The number of rotatable bonds is 2. The Morgan fingerprint density at radius 2 is 1.71 bits per heavy atom. The number of nitro groups is 1. The van der Waals surface area contributed by atoms with Gasteiger partial charge in [-0.3, -0.25) is 19.9 Å². The van der Waals surface area contributed by atoms with Gasteiger partial charge in [-0.15, -0.1) is 10.2 Å². The monoisotopic (exact) mass is 481 g/mol. The van der Waals surface area contributed by atoms with Gasteiger partial charge in [-0.2, -0.15) is 0 Å². The molecule has 170 valence electrons. The summed E-state index contributed by atoms with van der Waals surface area (Å²) >= 11 is 0. The van der Waals surface area contributed by atoms with Gasteiger partial charge >= 0.3 is 23.0 Å². The van der Waals surface area contributed by atoms with Crippen molar-refractivity contribution in [3.05, 3.63) is 10.1 Å². The minimum absolute atomic E-state index is 0. The SMILES string of the molecule is CC1([N+](=O)[O-])CN=CCNCC(C(=O)O)CNCCNC1.O.[Cu+].[O-][Cl+3]([O-])([O-])[O-]. The fraction of sp³-hybridized carbons (Fsp3) is 0.833. The van der Waals surface area contributed by atoms with Crippen LogP contribution in [0.2, 0.25) is 0 Å². The maximum absolute atomic E-state index is 11.1. The third-order valence-corrected chi connectivity index (χ3v) is 3.35. The standard InChI is InChI=1S/C12H23N5O4.ClHO4.Cu.H2O/c1-12(17(20)21)8-15-4-2-13-6-10(11(18)19)7-14-3-5-16-9-12;2-1(3,4)5;;/h4,10,13-14,16H,2-3,5-9H2,1H3,(H,18,19);(H,2,3,4,5);;1H2/q;;+1;/p-1. The molecule has 1 heterocycles. The molecule has 0 aromatic rings. The van der Waals surface area contributed by atoms with Crippen molar-refractivity contribution in [1.29, 1.82) is 0 Å². The number of halogens is 1. The van der Waals surface area contributed by atoms with Gasteiger partial charge in [0.2, 0.25) is 0 Å². The van der Waals surface area contributed by atoms with E-state index in [0.717, 1.165) is 0 Å². The van der Waals surface area contributed by atoms with E-state index in [0.29, 0.717) is 32.7 Å². The molecule has 0 bridgehead atoms. The molecule has 0 spiro atoms. The van der Waals surface area contributed by atoms with E-state index >= 15 is 0 Å². The Balaban J connectivity index is -0.000000793. The second-order valence-corrected chi connectivity index (χ2v) is 6.49. The zero-order chi connectivity index (χ0) is 20.2. The topological polar surface area (TPSA) is 253 Å². The maximum atomic E-state index is 11.1. The van der Waals surface area contributed by atoms with Gasteiger partial charge in [0.05, 0.1) is 12.5 Å². The van der Waals surface area contributed by atoms with Crippen molar-refractivity contribution >= 4 is 12.2 Å². The first-order valence-corrected chi connectivity index (χ1v) is 8.78. The van der Waals surface area contributed by atoms with Crippen molar-refractivity contribution in [3.63, 3.8) is 0 Å². The van der Waals surface area contributed by atoms with Crippen LogP contribution in [0.5, 0.6) is 0 Å². The largest absolute Gasteiger partial charge is 1.00 e. The molecular weight excluding hydrogens is 457 g/mol. The van der Waals surface area contributed by atoms with Crippen molar-refractivity contribution in [3.8, 4) is 0 Å². The zero-order valence-electron chi connectivity index (χ0n) is 15.0. The van der Waals surface area contributed by atoms with E-state index in [2.05, 4.69) is 20.9 Å². The maximum Gasteiger partial charge on any atom is 1.00 e. The molecular formula is C12H25ClCuN5O9. The van der Waals surface area contributed by atoms with Gasteiger partial charge < -0.3 is 26.5 Å². The van der Waals surface area contributed by atoms with E-state index in [1.807, 2.05) is 0 Å². The minimum atomic E-state index is -4.94. The van der Waals surface area contributed by atoms with Gasteiger partial charge in [0, 0.05) is 50.8 Å². The predicted octanol–water partition coefficient (Wildman–Crippen LogP) is -7.01. The van der Waals surface area contributed by atoms with Crippen LogP contribution < -0.4 is 34.6 Å². The summed E-state index contributed by atoms with van der Waals surface area (Å²) < 4.78 is 34.0. The van der Waals surface area contributed by atoms with Crippen molar-refractivity contribution in [2.24, 2.45) is 10.9 Å². The molecule has 0 fully saturated rings. The molecule has 0 amide bonds. The summed E-state index contributed by atoms with van der Waals surface area (Å²) in [4.78, 5) is 25.9. The Bertz CT molecular complexity index is 477. The molecule has 14 nitrogen and oxygen atoms in total. The first-order chi connectivity index (χ1) is 12.0. The fourth-order valence-electron chi connectivity index (χ4n) is 1.88. The molecule has 0 aromatic carbocycles. The van der Waals surface area contributed by atoms with Crippen LogP contribution in [0.1, 0.15) is 6.92 Å². The van der Waals surface area contributed by atoms with E-state index in [-0.39, 0.29) is 40.6 Å². The Hall–Kier alpha value is -0.971. The third-order valence-electron chi connectivity index (χ3n) is 3.35. The van der Waals surface area contributed by atoms with E-state index < -0.39 is 27.7 Å². The van der Waals surface area contributed by atoms with Crippen LogP contribution in [0.3, 0.4) is 0 Å². The number of carboxylic acid groups (broad SMARTS) is 1. The molecule has 1 rings (SSSR count). The van der Waals surface area contributed by atoms with Gasteiger partial charge in [0.25, 0.3) is 5.54 Å². The predicted molar refractivity (Wildman–Crippen MR) is 82.1 cm³/mol. The third kappa shape index (κ3) is 17.1. The van der Waals surface area contributed by atoms with Crippen LogP contribution in [0.4, 0.5) is 0 Å². The molecule has 0 saturated heterocycles. The summed E-state index contributed by atoms with van der Waals surface area (Å²) in [6, 6.07) is 0. The van der Waals surface area contributed by atoms with E-state index in [9.17, 15) is 14.9 Å². The van der Waals surface area contributed by atoms with Crippen LogP contribution in [0.15, 0.2) is 4.99 Å². The van der Waals surface area contributed by atoms with Gasteiger partial charge in [-0.1, -0.05) is 0 Å². The van der Waals surface area contributed by atoms with E-state index in [1.54, 1.807) is 13.1 Å². The molecule has 2 atom stereocenters.